The van der Waals surface area contributed by atoms with Gasteiger partial charge in [0.1, 0.15) is 6.04 Å². The van der Waals surface area contributed by atoms with E-state index >= 15 is 0 Å². The predicted molar refractivity (Wildman–Crippen MR) is 61.4 cm³/mol. The topological polar surface area (TPSA) is 70.7 Å². The predicted octanol–water partition coefficient (Wildman–Crippen LogP) is -1.29. The van der Waals surface area contributed by atoms with Crippen LogP contribution in [0.4, 0.5) is 0 Å². The lowest BCUT2D eigenvalue weighted by atomic mass is 10.2. The second-order valence-electron chi connectivity index (χ2n) is 4.39. The van der Waals surface area contributed by atoms with Crippen LogP contribution in [0.1, 0.15) is 12.8 Å². The molecule has 0 spiro atoms. The van der Waals surface area contributed by atoms with Gasteiger partial charge in [0.2, 0.25) is 11.8 Å². The molecule has 2 rings (SSSR count). The number of carbonyl (C=O) groups excluding carboxylic acids is 2. The minimum absolute atomic E-state index is 0.00702. The summed E-state index contributed by atoms with van der Waals surface area (Å²) in [5.74, 6) is -0.148. The highest BCUT2D eigenvalue weighted by Crippen LogP contribution is 2.06. The molecule has 2 fully saturated rings. The molecule has 2 heterocycles. The Bertz CT molecular complexity index is 284. The van der Waals surface area contributed by atoms with E-state index in [4.69, 9.17) is 4.74 Å². The van der Waals surface area contributed by atoms with Crippen molar-refractivity contribution in [1.29, 1.82) is 0 Å². The lowest BCUT2D eigenvalue weighted by Gasteiger charge is -2.23. The van der Waals surface area contributed by atoms with E-state index in [2.05, 4.69) is 10.6 Å². The summed E-state index contributed by atoms with van der Waals surface area (Å²) in [6, 6.07) is -0.324. The Kier molecular flexibility index (Phi) is 4.33. The highest BCUT2D eigenvalue weighted by Gasteiger charge is 2.23. The minimum Gasteiger partial charge on any atom is -0.378 e. The van der Waals surface area contributed by atoms with Crippen molar-refractivity contribution >= 4 is 11.8 Å². The first-order valence-corrected chi connectivity index (χ1v) is 6.14. The van der Waals surface area contributed by atoms with E-state index in [9.17, 15) is 9.59 Å². The zero-order chi connectivity index (χ0) is 12.1. The summed E-state index contributed by atoms with van der Waals surface area (Å²) in [6.45, 7) is 3.42. The van der Waals surface area contributed by atoms with Crippen LogP contribution in [0.25, 0.3) is 0 Å². The fourth-order valence-electron chi connectivity index (χ4n) is 2.10. The van der Waals surface area contributed by atoms with Gasteiger partial charge in [-0.05, 0) is 12.8 Å². The maximum atomic E-state index is 11.7. The van der Waals surface area contributed by atoms with Gasteiger partial charge in [0, 0.05) is 19.6 Å². The summed E-state index contributed by atoms with van der Waals surface area (Å²) in [6.07, 6.45) is 2.13. The van der Waals surface area contributed by atoms with Crippen molar-refractivity contribution < 1.29 is 14.3 Å². The van der Waals surface area contributed by atoms with Gasteiger partial charge < -0.3 is 20.3 Å². The number of carbonyl (C=O) groups is 2. The van der Waals surface area contributed by atoms with E-state index in [1.165, 1.54) is 0 Å². The third-order valence-electron chi connectivity index (χ3n) is 3.11. The Morgan fingerprint density at radius 3 is 2.76 bits per heavy atom. The van der Waals surface area contributed by atoms with Gasteiger partial charge in [-0.15, -0.1) is 0 Å². The van der Waals surface area contributed by atoms with E-state index in [0.717, 1.165) is 25.9 Å². The van der Waals surface area contributed by atoms with E-state index in [1.807, 2.05) is 0 Å². The van der Waals surface area contributed by atoms with Gasteiger partial charge in [-0.1, -0.05) is 0 Å². The lowest BCUT2D eigenvalue weighted by Crippen LogP contribution is -2.52. The number of morpholine rings is 1. The molecule has 0 bridgehead atoms. The molecule has 0 saturated carbocycles. The van der Waals surface area contributed by atoms with Crippen LogP contribution < -0.4 is 10.6 Å². The Hall–Kier alpha value is -1.14. The van der Waals surface area contributed by atoms with Crippen molar-refractivity contribution in [3.63, 3.8) is 0 Å². The number of likely N-dealkylation sites (tertiary alicyclic amines) is 1. The number of amides is 2. The second-order valence-corrected chi connectivity index (χ2v) is 4.39. The highest BCUT2D eigenvalue weighted by molar-refractivity contribution is 5.87. The Labute approximate surface area is 101 Å². The molecule has 2 aliphatic heterocycles. The van der Waals surface area contributed by atoms with Crippen molar-refractivity contribution in [3.05, 3.63) is 0 Å². The first-order chi connectivity index (χ1) is 8.27. The number of nitrogens with one attached hydrogen (secondary N) is 2. The minimum atomic E-state index is -0.324. The second kappa shape index (κ2) is 5.97. The average molecular weight is 241 g/mol. The molecule has 6 nitrogen and oxygen atoms in total. The Morgan fingerprint density at radius 1 is 1.35 bits per heavy atom. The molecule has 2 aliphatic rings. The Morgan fingerprint density at radius 2 is 2.12 bits per heavy atom. The molecule has 0 aromatic heterocycles. The third kappa shape index (κ3) is 3.41. The monoisotopic (exact) mass is 241 g/mol. The molecule has 1 atom stereocenters. The van der Waals surface area contributed by atoms with Crippen LogP contribution in [0.2, 0.25) is 0 Å². The molecule has 2 saturated heterocycles. The maximum Gasteiger partial charge on any atom is 0.241 e. The fraction of sp³-hybridized carbons (Fsp3) is 0.818. The number of ether oxygens (including phenoxy) is 1. The van der Waals surface area contributed by atoms with E-state index in [0.29, 0.717) is 19.8 Å². The summed E-state index contributed by atoms with van der Waals surface area (Å²) in [5, 5.41) is 5.71. The molecule has 0 aromatic carbocycles. The first kappa shape index (κ1) is 12.3. The summed E-state index contributed by atoms with van der Waals surface area (Å²) in [7, 11) is 0. The summed E-state index contributed by atoms with van der Waals surface area (Å²) in [4.78, 5) is 25.2. The first-order valence-electron chi connectivity index (χ1n) is 6.14. The number of hydrogen-bond acceptors (Lipinski definition) is 4. The van der Waals surface area contributed by atoms with Crippen LogP contribution in [0.5, 0.6) is 0 Å². The Balaban J connectivity index is 1.69. The van der Waals surface area contributed by atoms with Crippen LogP contribution in [0.3, 0.4) is 0 Å². The number of rotatable bonds is 3. The van der Waals surface area contributed by atoms with Crippen molar-refractivity contribution in [2.75, 3.05) is 39.4 Å². The summed E-state index contributed by atoms with van der Waals surface area (Å²) < 4.78 is 5.19. The van der Waals surface area contributed by atoms with Crippen LogP contribution >= 0.6 is 0 Å². The van der Waals surface area contributed by atoms with E-state index < -0.39 is 0 Å². The molecule has 0 radical (unpaired) electrons. The third-order valence-corrected chi connectivity index (χ3v) is 3.11. The van der Waals surface area contributed by atoms with Crippen LogP contribution in [0, 0.1) is 0 Å². The van der Waals surface area contributed by atoms with Gasteiger partial charge in [-0.25, -0.2) is 0 Å². The molecule has 2 amide bonds. The van der Waals surface area contributed by atoms with Gasteiger partial charge in [-0.3, -0.25) is 9.59 Å². The number of hydrogen-bond donors (Lipinski definition) is 2. The number of nitrogens with zero attached hydrogens (tertiary/aromatic N) is 1. The molecule has 0 aliphatic carbocycles. The van der Waals surface area contributed by atoms with Gasteiger partial charge in [0.15, 0.2) is 0 Å². The van der Waals surface area contributed by atoms with Gasteiger partial charge >= 0.3 is 0 Å². The molecule has 96 valence electrons. The van der Waals surface area contributed by atoms with Gasteiger partial charge in [-0.2, -0.15) is 0 Å². The average Bonchev–Trinajstić information content (AvgIpc) is 2.90. The highest BCUT2D eigenvalue weighted by atomic mass is 16.5. The van der Waals surface area contributed by atoms with E-state index in [1.54, 1.807) is 4.90 Å². The summed E-state index contributed by atoms with van der Waals surface area (Å²) >= 11 is 0. The molecule has 2 N–H and O–H groups in total. The molecular weight excluding hydrogens is 222 g/mol. The summed E-state index contributed by atoms with van der Waals surface area (Å²) in [5.41, 5.74) is 0. The van der Waals surface area contributed by atoms with Crippen molar-refractivity contribution in [3.8, 4) is 0 Å². The molecule has 1 unspecified atom stereocenters. The normalized spacial score (nSPS) is 24.7. The lowest BCUT2D eigenvalue weighted by molar-refractivity contribution is -0.133. The smallest absolute Gasteiger partial charge is 0.241 e. The van der Waals surface area contributed by atoms with Crippen LogP contribution in [-0.4, -0.2) is 62.1 Å². The van der Waals surface area contributed by atoms with Crippen molar-refractivity contribution in [2.45, 2.75) is 18.9 Å². The fourth-order valence-corrected chi connectivity index (χ4v) is 2.10. The largest absolute Gasteiger partial charge is 0.378 e. The quantitative estimate of drug-likeness (QED) is 0.645. The van der Waals surface area contributed by atoms with Crippen molar-refractivity contribution in [2.24, 2.45) is 0 Å². The molecule has 6 heteroatoms. The van der Waals surface area contributed by atoms with E-state index in [-0.39, 0.29) is 24.4 Å². The van der Waals surface area contributed by atoms with Gasteiger partial charge in [0.25, 0.3) is 0 Å². The van der Waals surface area contributed by atoms with Crippen LogP contribution in [-0.2, 0) is 14.3 Å². The van der Waals surface area contributed by atoms with Crippen LogP contribution in [0.15, 0.2) is 0 Å². The van der Waals surface area contributed by atoms with Crippen molar-refractivity contribution in [1.82, 2.24) is 15.5 Å². The SMILES string of the molecule is O=C(NCC(=O)N1CCCC1)C1COCCN1. The molecule has 17 heavy (non-hydrogen) atoms. The zero-order valence-corrected chi connectivity index (χ0v) is 9.91. The molecule has 0 aromatic rings. The standard InChI is InChI=1S/C11H19N3O3/c15-10(14-4-1-2-5-14)7-13-11(16)9-8-17-6-3-12-9/h9,12H,1-8H2,(H,13,16). The zero-order valence-electron chi connectivity index (χ0n) is 9.91. The van der Waals surface area contributed by atoms with Gasteiger partial charge in [0.05, 0.1) is 19.8 Å². The maximum absolute atomic E-state index is 11.7. The molecular formula is C11H19N3O3.